The molecule has 19 heavy (non-hydrogen) atoms. The smallest absolute Gasteiger partial charge is 0.406 e. The predicted molar refractivity (Wildman–Crippen MR) is 63.8 cm³/mol. The molecule has 100 valence electrons. The minimum atomic E-state index is -4.69. The quantitative estimate of drug-likeness (QED) is 0.851. The summed E-state index contributed by atoms with van der Waals surface area (Å²) in [7, 11) is 0. The SMILES string of the molecule is FC(F)(F)Oc1ccc(ONc2ccccc2)cc1. The average molecular weight is 269 g/mol. The third kappa shape index (κ3) is 4.42. The van der Waals surface area contributed by atoms with Crippen molar-refractivity contribution in [3.63, 3.8) is 0 Å². The third-order valence-corrected chi connectivity index (χ3v) is 2.12. The predicted octanol–water partition coefficient (Wildman–Crippen LogP) is 3.99. The second kappa shape index (κ2) is 5.51. The maximum atomic E-state index is 11.9. The van der Waals surface area contributed by atoms with Crippen LogP contribution in [0.15, 0.2) is 54.6 Å². The molecule has 0 heterocycles. The van der Waals surface area contributed by atoms with Gasteiger partial charge in [0.05, 0.1) is 5.69 Å². The van der Waals surface area contributed by atoms with Crippen LogP contribution in [0.5, 0.6) is 11.5 Å². The molecule has 2 rings (SSSR count). The van der Waals surface area contributed by atoms with Gasteiger partial charge in [0, 0.05) is 0 Å². The van der Waals surface area contributed by atoms with Crippen molar-refractivity contribution in [2.45, 2.75) is 6.36 Å². The summed E-state index contributed by atoms with van der Waals surface area (Å²) in [5.74, 6) is 0.0814. The van der Waals surface area contributed by atoms with Crippen LogP contribution >= 0.6 is 0 Å². The first-order valence-electron chi connectivity index (χ1n) is 5.37. The number of hydrogen-bond donors (Lipinski definition) is 1. The van der Waals surface area contributed by atoms with E-state index in [1.807, 2.05) is 18.2 Å². The van der Waals surface area contributed by atoms with Crippen LogP contribution < -0.4 is 15.1 Å². The van der Waals surface area contributed by atoms with Gasteiger partial charge < -0.3 is 9.57 Å². The van der Waals surface area contributed by atoms with E-state index in [9.17, 15) is 13.2 Å². The van der Waals surface area contributed by atoms with Crippen molar-refractivity contribution in [3.05, 3.63) is 54.6 Å². The molecule has 0 radical (unpaired) electrons. The van der Waals surface area contributed by atoms with E-state index in [0.717, 1.165) is 5.69 Å². The summed E-state index contributed by atoms with van der Waals surface area (Å²) < 4.78 is 39.6. The van der Waals surface area contributed by atoms with Crippen LogP contribution in [0.2, 0.25) is 0 Å². The van der Waals surface area contributed by atoms with Crippen LogP contribution in [0, 0.1) is 0 Å². The zero-order valence-electron chi connectivity index (χ0n) is 9.65. The van der Waals surface area contributed by atoms with Crippen molar-refractivity contribution in [2.75, 3.05) is 5.48 Å². The van der Waals surface area contributed by atoms with E-state index in [4.69, 9.17) is 4.84 Å². The lowest BCUT2D eigenvalue weighted by Crippen LogP contribution is -2.17. The number of nitrogens with one attached hydrogen (secondary N) is 1. The van der Waals surface area contributed by atoms with E-state index < -0.39 is 6.36 Å². The average Bonchev–Trinajstić information content (AvgIpc) is 2.37. The lowest BCUT2D eigenvalue weighted by Gasteiger charge is -2.10. The number of para-hydroxylation sites is 1. The Labute approximate surface area is 107 Å². The molecule has 0 spiro atoms. The van der Waals surface area contributed by atoms with Gasteiger partial charge in [0.15, 0.2) is 5.75 Å². The van der Waals surface area contributed by atoms with E-state index in [1.165, 1.54) is 24.3 Å². The highest BCUT2D eigenvalue weighted by Gasteiger charge is 2.30. The Bertz CT molecular complexity index is 512. The molecule has 0 aliphatic rings. The molecular weight excluding hydrogens is 259 g/mol. The lowest BCUT2D eigenvalue weighted by atomic mass is 10.3. The molecule has 0 bridgehead atoms. The highest BCUT2D eigenvalue weighted by molar-refractivity contribution is 5.41. The fraction of sp³-hybridized carbons (Fsp3) is 0.0769. The van der Waals surface area contributed by atoms with Crippen molar-refractivity contribution in [1.82, 2.24) is 0 Å². The first-order valence-corrected chi connectivity index (χ1v) is 5.37. The monoisotopic (exact) mass is 269 g/mol. The molecular formula is C13H10F3NO2. The second-order valence-electron chi connectivity index (χ2n) is 3.59. The molecule has 2 aromatic carbocycles. The van der Waals surface area contributed by atoms with Gasteiger partial charge in [-0.2, -0.15) is 0 Å². The Hall–Kier alpha value is -2.37. The Morgan fingerprint density at radius 2 is 1.37 bits per heavy atom. The minimum Gasteiger partial charge on any atom is -0.406 e. The van der Waals surface area contributed by atoms with Crippen LogP contribution in [-0.4, -0.2) is 6.36 Å². The maximum Gasteiger partial charge on any atom is 0.573 e. The van der Waals surface area contributed by atoms with E-state index in [2.05, 4.69) is 10.2 Å². The largest absolute Gasteiger partial charge is 0.573 e. The standard InChI is InChI=1S/C13H10F3NO2/c14-13(15,16)18-11-6-8-12(9-7-11)19-17-10-4-2-1-3-5-10/h1-9,17H. The van der Waals surface area contributed by atoms with Gasteiger partial charge in [-0.25, -0.2) is 5.48 Å². The molecule has 0 unspecified atom stereocenters. The van der Waals surface area contributed by atoms with E-state index >= 15 is 0 Å². The Kier molecular flexibility index (Phi) is 3.79. The molecule has 0 aliphatic carbocycles. The molecule has 2 aromatic rings. The molecule has 0 atom stereocenters. The Morgan fingerprint density at radius 3 is 1.95 bits per heavy atom. The minimum absolute atomic E-state index is 0.292. The van der Waals surface area contributed by atoms with Gasteiger partial charge in [0.25, 0.3) is 0 Å². The van der Waals surface area contributed by atoms with Gasteiger partial charge >= 0.3 is 6.36 Å². The van der Waals surface area contributed by atoms with Crippen molar-refractivity contribution in [3.8, 4) is 11.5 Å². The highest BCUT2D eigenvalue weighted by atomic mass is 19.4. The normalized spacial score (nSPS) is 10.9. The first-order chi connectivity index (χ1) is 9.03. The van der Waals surface area contributed by atoms with Crippen LogP contribution in [0.4, 0.5) is 18.9 Å². The van der Waals surface area contributed by atoms with Gasteiger partial charge in [-0.1, -0.05) is 18.2 Å². The van der Waals surface area contributed by atoms with E-state index in [0.29, 0.717) is 5.75 Å². The van der Waals surface area contributed by atoms with Crippen molar-refractivity contribution >= 4 is 5.69 Å². The van der Waals surface area contributed by atoms with Crippen molar-refractivity contribution in [1.29, 1.82) is 0 Å². The van der Waals surface area contributed by atoms with Gasteiger partial charge in [-0.15, -0.1) is 13.2 Å². The highest BCUT2D eigenvalue weighted by Crippen LogP contribution is 2.24. The summed E-state index contributed by atoms with van der Waals surface area (Å²) in [5.41, 5.74) is 3.40. The molecule has 0 amide bonds. The van der Waals surface area contributed by atoms with Gasteiger partial charge in [-0.05, 0) is 36.4 Å². The molecule has 6 heteroatoms. The zero-order chi connectivity index (χ0) is 13.7. The number of ether oxygens (including phenoxy) is 1. The number of benzene rings is 2. The molecule has 0 saturated carbocycles. The van der Waals surface area contributed by atoms with Crippen LogP contribution in [0.3, 0.4) is 0 Å². The molecule has 0 aliphatic heterocycles. The number of halogens is 3. The Morgan fingerprint density at radius 1 is 0.789 bits per heavy atom. The summed E-state index contributed by atoms with van der Waals surface area (Å²) >= 11 is 0. The fourth-order valence-corrected chi connectivity index (χ4v) is 1.33. The van der Waals surface area contributed by atoms with Gasteiger partial charge in [0.2, 0.25) is 0 Å². The number of hydrogen-bond acceptors (Lipinski definition) is 3. The summed E-state index contributed by atoms with van der Waals surface area (Å²) in [4.78, 5) is 5.19. The molecule has 0 fully saturated rings. The van der Waals surface area contributed by atoms with Gasteiger partial charge in [0.1, 0.15) is 5.75 Å². The van der Waals surface area contributed by atoms with Crippen molar-refractivity contribution in [2.24, 2.45) is 0 Å². The molecule has 3 nitrogen and oxygen atoms in total. The Balaban J connectivity index is 1.92. The second-order valence-corrected chi connectivity index (χ2v) is 3.59. The van der Waals surface area contributed by atoms with Gasteiger partial charge in [-0.3, -0.25) is 0 Å². The van der Waals surface area contributed by atoms with E-state index in [-0.39, 0.29) is 5.75 Å². The third-order valence-electron chi connectivity index (χ3n) is 2.12. The van der Waals surface area contributed by atoms with E-state index in [1.54, 1.807) is 12.1 Å². The first kappa shape index (κ1) is 13.1. The summed E-state index contributed by atoms with van der Waals surface area (Å²) in [6.07, 6.45) is -4.69. The number of alkyl halides is 3. The fourth-order valence-electron chi connectivity index (χ4n) is 1.33. The summed E-state index contributed by atoms with van der Waals surface area (Å²) in [6.45, 7) is 0. The van der Waals surface area contributed by atoms with Crippen LogP contribution in [0.25, 0.3) is 0 Å². The summed E-state index contributed by atoms with van der Waals surface area (Å²) in [5, 5.41) is 0. The summed E-state index contributed by atoms with van der Waals surface area (Å²) in [6, 6.07) is 14.2. The number of anilines is 1. The molecule has 0 saturated heterocycles. The van der Waals surface area contributed by atoms with Crippen molar-refractivity contribution < 1.29 is 22.7 Å². The maximum absolute atomic E-state index is 11.9. The molecule has 0 aromatic heterocycles. The van der Waals surface area contributed by atoms with Crippen LogP contribution in [-0.2, 0) is 0 Å². The lowest BCUT2D eigenvalue weighted by molar-refractivity contribution is -0.274. The topological polar surface area (TPSA) is 30.5 Å². The van der Waals surface area contributed by atoms with Crippen LogP contribution in [0.1, 0.15) is 0 Å². The number of rotatable bonds is 4. The molecule has 1 N–H and O–H groups in total. The zero-order valence-corrected chi connectivity index (χ0v) is 9.65.